The summed E-state index contributed by atoms with van der Waals surface area (Å²) in [4.78, 5) is 27.2. The van der Waals surface area contributed by atoms with Gasteiger partial charge in [0.1, 0.15) is 12.1 Å². The molecule has 2 aromatic carbocycles. The van der Waals surface area contributed by atoms with Crippen molar-refractivity contribution in [3.05, 3.63) is 71.9 Å². The van der Waals surface area contributed by atoms with E-state index in [1.807, 2.05) is 0 Å². The molecule has 3 aromatic rings. The Hall–Kier alpha value is -3.45. The van der Waals surface area contributed by atoms with Gasteiger partial charge in [-0.25, -0.2) is 8.98 Å². The number of nitrogens with zero attached hydrogens (tertiary/aromatic N) is 1. The second-order valence-electron chi connectivity index (χ2n) is 7.86. The van der Waals surface area contributed by atoms with E-state index in [1.165, 1.54) is 12.1 Å². The first-order valence-electron chi connectivity index (χ1n) is 10.2. The van der Waals surface area contributed by atoms with E-state index in [2.05, 4.69) is 4.98 Å². The van der Waals surface area contributed by atoms with E-state index in [4.69, 9.17) is 9.92 Å². The predicted octanol–water partition coefficient (Wildman–Crippen LogP) is 1.29. The fourth-order valence-electron chi connectivity index (χ4n) is 3.65. The van der Waals surface area contributed by atoms with Crippen LogP contribution in [0.3, 0.4) is 0 Å². The smallest absolute Gasteiger partial charge is 0.423 e. The molecule has 0 aliphatic rings. The number of benzene rings is 2. The minimum atomic E-state index is -5.24. The van der Waals surface area contributed by atoms with Crippen molar-refractivity contribution in [2.45, 2.75) is 31.1 Å². The second kappa shape index (κ2) is 9.81. The third-order valence-corrected chi connectivity index (χ3v) is 6.92. The largest absolute Gasteiger partial charge is 0.464 e. The molecule has 3 atom stereocenters. The first-order chi connectivity index (χ1) is 16.0. The molecule has 11 nitrogen and oxygen atoms in total. The van der Waals surface area contributed by atoms with Gasteiger partial charge < -0.3 is 26.0 Å². The summed E-state index contributed by atoms with van der Waals surface area (Å²) in [7, 11) is -5.24. The summed E-state index contributed by atoms with van der Waals surface area (Å²) < 4.78 is 31.1. The molecule has 1 aromatic heterocycles. The number of carbonyl (C=O) groups is 2. The molecular weight excluding hydrogens is 466 g/mol. The summed E-state index contributed by atoms with van der Waals surface area (Å²) in [5.41, 5.74) is 4.69. The number of aliphatic hydroxyl groups is 2. The number of aromatic amines is 1. The van der Waals surface area contributed by atoms with Crippen molar-refractivity contribution in [3.8, 4) is 0 Å². The van der Waals surface area contributed by atoms with Crippen molar-refractivity contribution in [2.75, 3.05) is 6.61 Å². The summed E-state index contributed by atoms with van der Waals surface area (Å²) in [6, 6.07) is 12.8. The normalized spacial score (nSPS) is 15.4. The monoisotopic (exact) mass is 491 g/mol. The van der Waals surface area contributed by atoms with Crippen LogP contribution < -0.4 is 5.73 Å². The van der Waals surface area contributed by atoms with Crippen molar-refractivity contribution in [3.63, 3.8) is 0 Å². The Kier molecular flexibility index (Phi) is 7.26. The van der Waals surface area contributed by atoms with Gasteiger partial charge in [-0.2, -0.15) is 12.7 Å². The Morgan fingerprint density at radius 1 is 1.15 bits per heavy atom. The van der Waals surface area contributed by atoms with Gasteiger partial charge in [0.25, 0.3) is 5.91 Å². The number of aromatic nitrogens is 1. The molecule has 0 spiro atoms. The van der Waals surface area contributed by atoms with Gasteiger partial charge in [0.15, 0.2) is 5.60 Å². The summed E-state index contributed by atoms with van der Waals surface area (Å²) in [6.07, 6.45) is -2.47. The molecule has 0 fully saturated rings. The highest BCUT2D eigenvalue weighted by Gasteiger charge is 2.46. The predicted molar refractivity (Wildman–Crippen MR) is 122 cm³/mol. The number of carbonyl (C=O) groups excluding carboxylic acids is 1. The number of amides is 2. The molecular formula is C22H25N3O8S. The Bertz CT molecular complexity index is 1280. The Morgan fingerprint density at radius 3 is 2.35 bits per heavy atom. The zero-order valence-corrected chi connectivity index (χ0v) is 19.0. The average molecular weight is 492 g/mol. The van der Waals surface area contributed by atoms with E-state index < -0.39 is 46.7 Å². The number of H-pyrrole nitrogens is 1. The Balaban J connectivity index is 1.96. The number of carboxylic acid groups (broad SMARTS) is 1. The van der Waals surface area contributed by atoms with E-state index in [1.54, 1.807) is 48.7 Å². The van der Waals surface area contributed by atoms with E-state index in [0.717, 1.165) is 12.4 Å². The van der Waals surface area contributed by atoms with Crippen LogP contribution in [0.4, 0.5) is 4.79 Å². The Labute approximate surface area is 195 Å². The maximum atomic E-state index is 13.1. The lowest BCUT2D eigenvalue weighted by Crippen LogP contribution is -2.54. The maximum absolute atomic E-state index is 13.1. The van der Waals surface area contributed by atoms with Gasteiger partial charge in [-0.1, -0.05) is 48.5 Å². The number of nitrogens with two attached hydrogens (primary N) is 1. The zero-order valence-electron chi connectivity index (χ0n) is 18.2. The van der Waals surface area contributed by atoms with Gasteiger partial charge in [0.2, 0.25) is 0 Å². The minimum absolute atomic E-state index is 0.166. The fraction of sp³-hybridized carbons (Fsp3) is 0.273. The highest BCUT2D eigenvalue weighted by atomic mass is 32.2. The number of fused-ring (bicyclic) bond motifs is 1. The van der Waals surface area contributed by atoms with E-state index in [-0.39, 0.29) is 16.3 Å². The topological polar surface area (TPSA) is 183 Å². The molecule has 182 valence electrons. The van der Waals surface area contributed by atoms with Gasteiger partial charge in [-0.3, -0.25) is 4.79 Å². The molecule has 0 radical (unpaired) electrons. The second-order valence-corrected chi connectivity index (χ2v) is 9.27. The SMILES string of the molecule is CC(Cc1c[nH]c2ccccc12)(OS(=O)(=O)N(C(=O)O)C(CO)C(O)c1ccccc1)C(N)=O. The molecule has 0 aliphatic carbocycles. The highest BCUT2D eigenvalue weighted by molar-refractivity contribution is 7.85. The zero-order chi connectivity index (χ0) is 25.1. The van der Waals surface area contributed by atoms with Crippen LogP contribution in [0.15, 0.2) is 60.8 Å². The van der Waals surface area contributed by atoms with E-state index in [0.29, 0.717) is 10.9 Å². The van der Waals surface area contributed by atoms with Crippen LogP contribution in [-0.2, 0) is 25.7 Å². The van der Waals surface area contributed by atoms with Gasteiger partial charge >= 0.3 is 16.4 Å². The third-order valence-electron chi connectivity index (χ3n) is 5.44. The van der Waals surface area contributed by atoms with Crippen molar-refractivity contribution in [1.82, 2.24) is 9.29 Å². The summed E-state index contributed by atoms with van der Waals surface area (Å²) in [5.74, 6) is -1.16. The molecule has 0 bridgehead atoms. The molecule has 0 aliphatic heterocycles. The third kappa shape index (κ3) is 5.04. The number of hydrogen-bond donors (Lipinski definition) is 5. The molecule has 0 saturated heterocycles. The van der Waals surface area contributed by atoms with Crippen LogP contribution in [-0.4, -0.2) is 63.3 Å². The van der Waals surface area contributed by atoms with Crippen LogP contribution in [0.1, 0.15) is 24.2 Å². The molecule has 0 saturated carbocycles. The number of aliphatic hydroxyl groups excluding tert-OH is 2. The van der Waals surface area contributed by atoms with Crippen LogP contribution in [0.5, 0.6) is 0 Å². The van der Waals surface area contributed by atoms with Crippen LogP contribution >= 0.6 is 0 Å². The lowest BCUT2D eigenvalue weighted by atomic mass is 9.96. The fourth-order valence-corrected chi connectivity index (χ4v) is 5.04. The molecule has 12 heteroatoms. The van der Waals surface area contributed by atoms with Crippen LogP contribution in [0.25, 0.3) is 10.9 Å². The van der Waals surface area contributed by atoms with Gasteiger partial charge in [0, 0.05) is 23.5 Å². The molecule has 34 heavy (non-hydrogen) atoms. The number of rotatable bonds is 10. The standard InChI is InChI=1S/C22H25N3O8S/c1-22(20(23)28,11-15-12-24-17-10-6-5-9-16(15)17)33-34(31,32)25(21(29)30)18(13-26)19(27)14-7-3-2-4-8-14/h2-10,12,18-19,24,26-27H,11,13H2,1H3,(H2,23,28)(H,29,30). The maximum Gasteiger partial charge on any atom is 0.423 e. The number of primary amides is 1. The van der Waals surface area contributed by atoms with Crippen molar-refractivity contribution < 1.29 is 37.5 Å². The lowest BCUT2D eigenvalue weighted by molar-refractivity contribution is -0.132. The number of para-hydroxylation sites is 1. The van der Waals surface area contributed by atoms with Crippen LogP contribution in [0, 0.1) is 0 Å². The molecule has 3 rings (SSSR count). The van der Waals surface area contributed by atoms with Crippen molar-refractivity contribution in [1.29, 1.82) is 0 Å². The first-order valence-corrected chi connectivity index (χ1v) is 11.5. The molecule has 1 heterocycles. The molecule has 3 unspecified atom stereocenters. The van der Waals surface area contributed by atoms with Crippen molar-refractivity contribution in [2.24, 2.45) is 5.73 Å². The molecule has 6 N–H and O–H groups in total. The van der Waals surface area contributed by atoms with E-state index >= 15 is 0 Å². The highest BCUT2D eigenvalue weighted by Crippen LogP contribution is 2.29. The van der Waals surface area contributed by atoms with Gasteiger partial charge in [-0.15, -0.1) is 0 Å². The molecule has 2 amide bonds. The van der Waals surface area contributed by atoms with Gasteiger partial charge in [-0.05, 0) is 24.1 Å². The van der Waals surface area contributed by atoms with Gasteiger partial charge in [0.05, 0.1) is 6.61 Å². The average Bonchev–Trinajstić information content (AvgIpc) is 3.19. The van der Waals surface area contributed by atoms with E-state index in [9.17, 15) is 33.3 Å². The lowest BCUT2D eigenvalue weighted by Gasteiger charge is -2.33. The quantitative estimate of drug-likeness (QED) is 0.281. The summed E-state index contributed by atoms with van der Waals surface area (Å²) in [6.45, 7) is 0.0664. The number of hydrogen-bond acceptors (Lipinski definition) is 7. The minimum Gasteiger partial charge on any atom is -0.464 e. The first kappa shape index (κ1) is 25.2. The summed E-state index contributed by atoms with van der Waals surface area (Å²) in [5, 5.41) is 30.8. The Morgan fingerprint density at radius 2 is 1.76 bits per heavy atom. The number of nitrogens with one attached hydrogen (secondary N) is 1. The van der Waals surface area contributed by atoms with Crippen LogP contribution in [0.2, 0.25) is 0 Å². The van der Waals surface area contributed by atoms with Crippen molar-refractivity contribution >= 4 is 33.2 Å². The summed E-state index contributed by atoms with van der Waals surface area (Å²) >= 11 is 0.